The average molecular weight is 469 g/mol. The maximum atomic E-state index is 5.68. The summed E-state index contributed by atoms with van der Waals surface area (Å²) in [5.74, 6) is 0. The second-order valence-corrected chi connectivity index (χ2v) is 13.1. The van der Waals surface area contributed by atoms with Crippen molar-refractivity contribution < 1.29 is 26.6 Å². The zero-order chi connectivity index (χ0) is 22.7. The van der Waals surface area contributed by atoms with Crippen molar-refractivity contribution in [1.82, 2.24) is 10.2 Å². The molecular formula is C20H48N2O6Si2. The van der Waals surface area contributed by atoms with Crippen LogP contribution in [0.1, 0.15) is 46.5 Å². The van der Waals surface area contributed by atoms with Gasteiger partial charge in [0.1, 0.15) is 0 Å². The van der Waals surface area contributed by atoms with Gasteiger partial charge in [0.15, 0.2) is 0 Å². The Hall–Kier alpha value is 0.114. The van der Waals surface area contributed by atoms with Crippen LogP contribution in [-0.2, 0) is 26.6 Å². The van der Waals surface area contributed by atoms with Gasteiger partial charge in [-0.25, -0.2) is 0 Å². The summed E-state index contributed by atoms with van der Waals surface area (Å²) in [6, 6.07) is 0.889. The Bertz CT molecular complexity index is 356. The molecule has 1 saturated heterocycles. The van der Waals surface area contributed by atoms with Crippen LogP contribution in [0.2, 0.25) is 12.6 Å². The molecule has 30 heavy (non-hydrogen) atoms. The summed E-state index contributed by atoms with van der Waals surface area (Å²) in [5.41, 5.74) is 0. The Kier molecular flexibility index (Phi) is 18.7. The predicted octanol–water partition coefficient (Wildman–Crippen LogP) is 2.99. The van der Waals surface area contributed by atoms with Gasteiger partial charge in [-0.15, -0.1) is 0 Å². The lowest BCUT2D eigenvalue weighted by molar-refractivity contribution is 0.0658. The molecule has 1 fully saturated rings. The summed E-state index contributed by atoms with van der Waals surface area (Å²) in [5, 5.41) is 3.35. The summed E-state index contributed by atoms with van der Waals surface area (Å²) in [7, 11) is 0.355. The number of nitrogens with zero attached hydrogens (tertiary/aromatic N) is 1. The Morgan fingerprint density at radius 1 is 0.767 bits per heavy atom. The monoisotopic (exact) mass is 468 g/mol. The Balaban J connectivity index is 0.000000567. The maximum Gasteiger partial charge on any atom is 0.500 e. The van der Waals surface area contributed by atoms with E-state index in [4.69, 9.17) is 26.6 Å². The third-order valence-electron chi connectivity index (χ3n) is 4.81. The summed E-state index contributed by atoms with van der Waals surface area (Å²) in [6.45, 7) is 16.0. The number of nitrogens with one attached hydrogen (secondary N) is 1. The summed E-state index contributed by atoms with van der Waals surface area (Å²) < 4.78 is 33.2. The van der Waals surface area contributed by atoms with E-state index in [-0.39, 0.29) is 0 Å². The van der Waals surface area contributed by atoms with Gasteiger partial charge in [0.05, 0.1) is 0 Å². The van der Waals surface area contributed by atoms with Crippen molar-refractivity contribution in [3.63, 3.8) is 0 Å². The largest absolute Gasteiger partial charge is 0.500 e. The van der Waals surface area contributed by atoms with E-state index in [1.165, 1.54) is 0 Å². The average Bonchev–Trinajstić information content (AvgIpc) is 2.79. The highest BCUT2D eigenvalue weighted by molar-refractivity contribution is 6.60. The molecule has 0 bridgehead atoms. The van der Waals surface area contributed by atoms with Gasteiger partial charge in [0.2, 0.25) is 0 Å². The van der Waals surface area contributed by atoms with E-state index >= 15 is 0 Å². The van der Waals surface area contributed by atoms with Gasteiger partial charge < -0.3 is 36.8 Å². The molecule has 0 atom stereocenters. The fourth-order valence-electron chi connectivity index (χ4n) is 3.00. The van der Waals surface area contributed by atoms with Crippen LogP contribution in [0.5, 0.6) is 0 Å². The van der Waals surface area contributed by atoms with Crippen LogP contribution in [0, 0.1) is 0 Å². The molecule has 0 aliphatic carbocycles. The lowest BCUT2D eigenvalue weighted by Gasteiger charge is -2.29. The summed E-state index contributed by atoms with van der Waals surface area (Å²) in [6.07, 6.45) is 4.09. The van der Waals surface area contributed by atoms with Crippen LogP contribution >= 0.6 is 0 Å². The molecule has 0 radical (unpaired) electrons. The van der Waals surface area contributed by atoms with Gasteiger partial charge >= 0.3 is 17.6 Å². The Labute approximate surface area is 187 Å². The fraction of sp³-hybridized carbons (Fsp3) is 1.00. The normalized spacial score (nSPS) is 15.7. The Morgan fingerprint density at radius 2 is 1.20 bits per heavy atom. The lowest BCUT2D eigenvalue weighted by atomic mass is 10.3. The topological polar surface area (TPSA) is 70.7 Å². The molecule has 10 heteroatoms. The molecule has 1 rings (SSSR count). The third kappa shape index (κ3) is 13.5. The van der Waals surface area contributed by atoms with Crippen molar-refractivity contribution in [3.8, 4) is 0 Å². The van der Waals surface area contributed by atoms with E-state index in [9.17, 15) is 0 Å². The smallest absolute Gasteiger partial charge is 0.377 e. The van der Waals surface area contributed by atoms with Gasteiger partial charge in [-0.3, -0.25) is 0 Å². The summed E-state index contributed by atoms with van der Waals surface area (Å²) >= 11 is 0. The lowest BCUT2D eigenvalue weighted by Crippen LogP contribution is -2.46. The number of rotatable bonds is 16. The first-order chi connectivity index (χ1) is 14.4. The molecule has 0 spiro atoms. The second kappa shape index (κ2) is 18.7. The van der Waals surface area contributed by atoms with E-state index < -0.39 is 17.6 Å². The van der Waals surface area contributed by atoms with Gasteiger partial charge in [-0.05, 0) is 32.2 Å². The molecule has 182 valence electrons. The Morgan fingerprint density at radius 3 is 1.57 bits per heavy atom. The predicted molar refractivity (Wildman–Crippen MR) is 126 cm³/mol. The standard InChI is InChI=1S/C10H24N2O3Si.C10H24O3Si/c1-13-16(14-2,15-3)10-4-7-12-8-5-11-6-9-12;1-5-8-11-14(4,12-9-6-2)13-10-7-3/h11H,4-10H2,1-3H3;5-10H2,1-4H3. The van der Waals surface area contributed by atoms with Crippen LogP contribution in [0.25, 0.3) is 0 Å². The van der Waals surface area contributed by atoms with Crippen molar-refractivity contribution >= 4 is 17.6 Å². The molecule has 1 heterocycles. The summed E-state index contributed by atoms with van der Waals surface area (Å²) in [4.78, 5) is 2.47. The van der Waals surface area contributed by atoms with Crippen molar-refractivity contribution in [1.29, 1.82) is 0 Å². The molecule has 0 amide bonds. The highest BCUT2D eigenvalue weighted by atomic mass is 28.4. The fourth-order valence-corrected chi connectivity index (χ4v) is 6.68. The molecule has 0 aromatic rings. The molecule has 0 saturated carbocycles. The van der Waals surface area contributed by atoms with E-state index in [0.717, 1.165) is 84.3 Å². The molecule has 1 aliphatic rings. The van der Waals surface area contributed by atoms with Crippen molar-refractivity contribution in [2.45, 2.75) is 59.0 Å². The van der Waals surface area contributed by atoms with Crippen LogP contribution in [0.3, 0.4) is 0 Å². The highest BCUT2D eigenvalue weighted by Crippen LogP contribution is 2.15. The maximum absolute atomic E-state index is 5.68. The van der Waals surface area contributed by atoms with Gasteiger partial charge in [0, 0.05) is 79.9 Å². The molecule has 0 unspecified atom stereocenters. The van der Waals surface area contributed by atoms with Crippen LogP contribution < -0.4 is 5.32 Å². The van der Waals surface area contributed by atoms with Crippen molar-refractivity contribution in [3.05, 3.63) is 0 Å². The number of piperazine rings is 1. The van der Waals surface area contributed by atoms with E-state index in [2.05, 4.69) is 31.0 Å². The van der Waals surface area contributed by atoms with E-state index in [0.29, 0.717) is 0 Å². The SMILES string of the molecule is CCCO[Si](C)(OCCC)OCCC.CO[Si](CCCN1CCNCC1)(OC)OC. The van der Waals surface area contributed by atoms with Gasteiger partial charge in [-0.2, -0.15) is 0 Å². The molecule has 1 aliphatic heterocycles. The minimum atomic E-state index is -2.34. The van der Waals surface area contributed by atoms with Crippen molar-refractivity contribution in [2.75, 3.05) is 73.9 Å². The molecular weight excluding hydrogens is 420 g/mol. The first kappa shape index (κ1) is 30.1. The van der Waals surface area contributed by atoms with E-state index in [1.807, 2.05) is 6.55 Å². The highest BCUT2D eigenvalue weighted by Gasteiger charge is 2.37. The van der Waals surface area contributed by atoms with Gasteiger partial charge in [-0.1, -0.05) is 20.8 Å². The quantitative estimate of drug-likeness (QED) is 0.347. The first-order valence-electron chi connectivity index (χ1n) is 11.4. The van der Waals surface area contributed by atoms with E-state index in [1.54, 1.807) is 21.3 Å². The number of hydrogen-bond donors (Lipinski definition) is 1. The minimum absolute atomic E-state index is 0.732. The third-order valence-corrected chi connectivity index (χ3v) is 9.82. The molecule has 1 N–H and O–H groups in total. The van der Waals surface area contributed by atoms with Crippen LogP contribution in [-0.4, -0.2) is 96.4 Å². The second-order valence-electron chi connectivity index (χ2n) is 7.40. The zero-order valence-corrected chi connectivity index (χ0v) is 22.6. The molecule has 0 aromatic heterocycles. The van der Waals surface area contributed by atoms with Crippen LogP contribution in [0.15, 0.2) is 0 Å². The van der Waals surface area contributed by atoms with Crippen molar-refractivity contribution in [2.24, 2.45) is 0 Å². The van der Waals surface area contributed by atoms with Gasteiger partial charge in [0.25, 0.3) is 0 Å². The zero-order valence-electron chi connectivity index (χ0n) is 20.6. The minimum Gasteiger partial charge on any atom is -0.377 e. The number of hydrogen-bond acceptors (Lipinski definition) is 8. The first-order valence-corrected chi connectivity index (χ1v) is 15.6. The molecule has 0 aromatic carbocycles. The van der Waals surface area contributed by atoms with Crippen LogP contribution in [0.4, 0.5) is 0 Å². The molecule has 8 nitrogen and oxygen atoms in total.